The van der Waals surface area contributed by atoms with Crippen molar-refractivity contribution in [3.63, 3.8) is 0 Å². The van der Waals surface area contributed by atoms with Crippen molar-refractivity contribution in [2.24, 2.45) is 0 Å². The van der Waals surface area contributed by atoms with E-state index in [1.165, 1.54) is 0 Å². The molecular formula is C19H18ClN3O2. The Bertz CT molecular complexity index is 817. The molecular weight excluding hydrogens is 338 g/mol. The molecule has 0 unspecified atom stereocenters. The summed E-state index contributed by atoms with van der Waals surface area (Å²) < 4.78 is 5.26. The molecule has 0 fully saturated rings. The maximum Gasteiger partial charge on any atom is 0.251 e. The molecule has 2 N–H and O–H groups in total. The molecule has 5 nitrogen and oxygen atoms in total. The largest absolute Gasteiger partial charge is 0.467 e. The SMILES string of the molecule is O=C(NCCc1ccc(Cl)cc1)c1ccnc(NCc2ccco2)c1. The van der Waals surface area contributed by atoms with E-state index in [4.69, 9.17) is 16.0 Å². The minimum absolute atomic E-state index is 0.127. The number of amides is 1. The van der Waals surface area contributed by atoms with Gasteiger partial charge in [0.15, 0.2) is 0 Å². The van der Waals surface area contributed by atoms with E-state index in [1.807, 2.05) is 36.4 Å². The van der Waals surface area contributed by atoms with Crippen molar-refractivity contribution in [3.05, 3.63) is 82.9 Å². The Morgan fingerprint density at radius 1 is 1.16 bits per heavy atom. The van der Waals surface area contributed by atoms with E-state index in [9.17, 15) is 4.79 Å². The van der Waals surface area contributed by atoms with Gasteiger partial charge < -0.3 is 15.1 Å². The lowest BCUT2D eigenvalue weighted by atomic mass is 10.1. The van der Waals surface area contributed by atoms with E-state index in [2.05, 4.69) is 15.6 Å². The molecule has 2 aromatic heterocycles. The maximum absolute atomic E-state index is 12.3. The van der Waals surface area contributed by atoms with Crippen molar-refractivity contribution in [1.29, 1.82) is 0 Å². The summed E-state index contributed by atoms with van der Waals surface area (Å²) in [6.07, 6.45) is 3.98. The highest BCUT2D eigenvalue weighted by atomic mass is 35.5. The normalized spacial score (nSPS) is 10.4. The van der Waals surface area contributed by atoms with E-state index in [0.717, 1.165) is 17.7 Å². The maximum atomic E-state index is 12.3. The van der Waals surface area contributed by atoms with Crippen LogP contribution >= 0.6 is 11.6 Å². The minimum Gasteiger partial charge on any atom is -0.467 e. The van der Waals surface area contributed by atoms with Crippen LogP contribution in [-0.2, 0) is 13.0 Å². The van der Waals surface area contributed by atoms with Gasteiger partial charge in [-0.15, -0.1) is 0 Å². The van der Waals surface area contributed by atoms with Crippen molar-refractivity contribution < 1.29 is 9.21 Å². The van der Waals surface area contributed by atoms with Crippen LogP contribution in [-0.4, -0.2) is 17.4 Å². The molecule has 1 amide bonds. The van der Waals surface area contributed by atoms with Crippen LogP contribution < -0.4 is 10.6 Å². The Balaban J connectivity index is 1.51. The Hall–Kier alpha value is -2.79. The second-order valence-corrected chi connectivity index (χ2v) is 5.93. The van der Waals surface area contributed by atoms with Crippen molar-refractivity contribution in [1.82, 2.24) is 10.3 Å². The Morgan fingerprint density at radius 2 is 2.00 bits per heavy atom. The highest BCUT2D eigenvalue weighted by molar-refractivity contribution is 6.30. The number of aromatic nitrogens is 1. The molecule has 128 valence electrons. The summed E-state index contributed by atoms with van der Waals surface area (Å²) in [6.45, 7) is 1.07. The van der Waals surface area contributed by atoms with Crippen molar-refractivity contribution in [2.75, 3.05) is 11.9 Å². The van der Waals surface area contributed by atoms with Crippen LogP contribution in [0.1, 0.15) is 21.7 Å². The summed E-state index contributed by atoms with van der Waals surface area (Å²) in [6, 6.07) is 14.7. The van der Waals surface area contributed by atoms with Gasteiger partial charge in [-0.25, -0.2) is 4.98 Å². The summed E-state index contributed by atoms with van der Waals surface area (Å²) in [7, 11) is 0. The molecule has 0 spiro atoms. The summed E-state index contributed by atoms with van der Waals surface area (Å²) >= 11 is 5.86. The van der Waals surface area contributed by atoms with Gasteiger partial charge in [0.05, 0.1) is 12.8 Å². The van der Waals surface area contributed by atoms with Crippen LogP contribution in [0.5, 0.6) is 0 Å². The Kier molecular flexibility index (Phi) is 5.69. The number of benzene rings is 1. The van der Waals surface area contributed by atoms with Gasteiger partial charge in [0.1, 0.15) is 11.6 Å². The van der Waals surface area contributed by atoms with Crippen LogP contribution in [0.25, 0.3) is 0 Å². The number of nitrogens with zero attached hydrogens (tertiary/aromatic N) is 1. The molecule has 0 radical (unpaired) electrons. The van der Waals surface area contributed by atoms with Gasteiger partial charge in [-0.2, -0.15) is 0 Å². The van der Waals surface area contributed by atoms with E-state index >= 15 is 0 Å². The van der Waals surface area contributed by atoms with E-state index in [1.54, 1.807) is 24.6 Å². The fourth-order valence-electron chi connectivity index (χ4n) is 2.33. The zero-order valence-corrected chi connectivity index (χ0v) is 14.3. The molecule has 0 bridgehead atoms. The molecule has 6 heteroatoms. The average molecular weight is 356 g/mol. The Morgan fingerprint density at radius 3 is 2.76 bits per heavy atom. The molecule has 1 aromatic carbocycles. The molecule has 0 atom stereocenters. The van der Waals surface area contributed by atoms with Gasteiger partial charge in [-0.3, -0.25) is 4.79 Å². The molecule has 0 aliphatic heterocycles. The highest BCUT2D eigenvalue weighted by Crippen LogP contribution is 2.11. The number of anilines is 1. The summed E-state index contributed by atoms with van der Waals surface area (Å²) in [5, 5.41) is 6.75. The first kappa shape index (κ1) is 17.0. The quantitative estimate of drug-likeness (QED) is 0.674. The lowest BCUT2D eigenvalue weighted by Gasteiger charge is -2.08. The van der Waals surface area contributed by atoms with Crippen molar-refractivity contribution in [2.45, 2.75) is 13.0 Å². The van der Waals surface area contributed by atoms with Crippen LogP contribution in [0, 0.1) is 0 Å². The van der Waals surface area contributed by atoms with Gasteiger partial charge >= 0.3 is 0 Å². The van der Waals surface area contributed by atoms with Gasteiger partial charge in [-0.1, -0.05) is 23.7 Å². The number of nitrogens with one attached hydrogen (secondary N) is 2. The number of carbonyl (C=O) groups is 1. The number of furan rings is 1. The fourth-order valence-corrected chi connectivity index (χ4v) is 2.46. The molecule has 3 aromatic rings. The van der Waals surface area contributed by atoms with E-state index in [0.29, 0.717) is 29.5 Å². The number of carbonyl (C=O) groups excluding carboxylic acids is 1. The van der Waals surface area contributed by atoms with Crippen LogP contribution in [0.4, 0.5) is 5.82 Å². The highest BCUT2D eigenvalue weighted by Gasteiger charge is 2.07. The number of hydrogen-bond acceptors (Lipinski definition) is 4. The summed E-state index contributed by atoms with van der Waals surface area (Å²) in [4.78, 5) is 16.5. The van der Waals surface area contributed by atoms with Gasteiger partial charge in [-0.05, 0) is 48.4 Å². The molecule has 25 heavy (non-hydrogen) atoms. The monoisotopic (exact) mass is 355 g/mol. The third-order valence-corrected chi connectivity index (χ3v) is 3.91. The third-order valence-electron chi connectivity index (χ3n) is 3.66. The van der Waals surface area contributed by atoms with Crippen LogP contribution in [0.3, 0.4) is 0 Å². The zero-order chi connectivity index (χ0) is 17.5. The number of pyridine rings is 1. The van der Waals surface area contributed by atoms with Gasteiger partial charge in [0.25, 0.3) is 5.91 Å². The fraction of sp³-hybridized carbons (Fsp3) is 0.158. The lowest BCUT2D eigenvalue weighted by molar-refractivity contribution is 0.0954. The van der Waals surface area contributed by atoms with Gasteiger partial charge in [0.2, 0.25) is 0 Å². The molecule has 0 aliphatic carbocycles. The summed E-state index contributed by atoms with van der Waals surface area (Å²) in [5.41, 5.74) is 1.69. The lowest BCUT2D eigenvalue weighted by Crippen LogP contribution is -2.25. The topological polar surface area (TPSA) is 67.2 Å². The molecule has 3 rings (SSSR count). The predicted octanol–water partition coefficient (Wildman–Crippen LogP) is 3.91. The second kappa shape index (κ2) is 8.35. The minimum atomic E-state index is -0.127. The Labute approximate surface area is 151 Å². The van der Waals surface area contributed by atoms with Crippen molar-refractivity contribution in [3.8, 4) is 0 Å². The van der Waals surface area contributed by atoms with E-state index < -0.39 is 0 Å². The first-order chi connectivity index (χ1) is 12.2. The first-order valence-electron chi connectivity index (χ1n) is 7.96. The second-order valence-electron chi connectivity index (χ2n) is 5.50. The predicted molar refractivity (Wildman–Crippen MR) is 97.8 cm³/mol. The number of rotatable bonds is 7. The smallest absolute Gasteiger partial charge is 0.251 e. The number of halogens is 1. The van der Waals surface area contributed by atoms with Crippen LogP contribution in [0.2, 0.25) is 5.02 Å². The van der Waals surface area contributed by atoms with E-state index in [-0.39, 0.29) is 5.91 Å². The first-order valence-corrected chi connectivity index (χ1v) is 8.33. The van der Waals surface area contributed by atoms with Crippen LogP contribution in [0.15, 0.2) is 65.4 Å². The van der Waals surface area contributed by atoms with Crippen molar-refractivity contribution >= 4 is 23.3 Å². The summed E-state index contributed by atoms with van der Waals surface area (Å²) in [5.74, 6) is 1.30. The number of hydrogen-bond donors (Lipinski definition) is 2. The van der Waals surface area contributed by atoms with Gasteiger partial charge in [0, 0.05) is 23.3 Å². The molecule has 0 saturated carbocycles. The average Bonchev–Trinajstić information content (AvgIpc) is 3.15. The molecule has 0 saturated heterocycles. The standard InChI is InChI=1S/C19H18ClN3O2/c20-16-5-3-14(4-6-16)7-9-22-19(24)15-8-10-21-18(12-15)23-13-17-2-1-11-25-17/h1-6,8,10-12H,7,9,13H2,(H,21,23)(H,22,24). The third kappa shape index (κ3) is 5.09. The molecule has 2 heterocycles. The molecule has 0 aliphatic rings. The zero-order valence-electron chi connectivity index (χ0n) is 13.5.